The normalized spacial score (nSPS) is 28.6. The van der Waals surface area contributed by atoms with Crippen molar-refractivity contribution in [2.45, 2.75) is 44.6 Å². The predicted octanol–water partition coefficient (Wildman–Crippen LogP) is 1.59. The van der Waals surface area contributed by atoms with Gasteiger partial charge in [0, 0.05) is 13.1 Å². The first-order chi connectivity index (χ1) is 8.15. The van der Waals surface area contributed by atoms with Crippen molar-refractivity contribution in [1.29, 1.82) is 0 Å². The molecule has 4 heteroatoms. The molecule has 2 atom stereocenters. The van der Waals surface area contributed by atoms with Gasteiger partial charge in [0.05, 0.1) is 18.9 Å². The van der Waals surface area contributed by atoms with Crippen LogP contribution in [0.2, 0.25) is 0 Å². The number of rotatable bonds is 3. The Bertz CT molecular complexity index is 310. The Balaban J connectivity index is 1.86. The van der Waals surface area contributed by atoms with Gasteiger partial charge < -0.3 is 9.64 Å². The Kier molecular flexibility index (Phi) is 3.69. The molecule has 2 fully saturated rings. The molecular formula is C13H21NO3. The Morgan fingerprint density at radius 2 is 1.76 bits per heavy atom. The second-order valence-electron chi connectivity index (χ2n) is 5.21. The van der Waals surface area contributed by atoms with E-state index in [-0.39, 0.29) is 23.7 Å². The van der Waals surface area contributed by atoms with Crippen LogP contribution in [0, 0.1) is 11.8 Å². The molecular weight excluding hydrogens is 218 g/mol. The van der Waals surface area contributed by atoms with E-state index >= 15 is 0 Å². The highest BCUT2D eigenvalue weighted by molar-refractivity contribution is 5.90. The van der Waals surface area contributed by atoms with Crippen LogP contribution in [-0.2, 0) is 14.3 Å². The summed E-state index contributed by atoms with van der Waals surface area (Å²) >= 11 is 0. The molecule has 1 amide bonds. The van der Waals surface area contributed by atoms with Crippen molar-refractivity contribution >= 4 is 11.9 Å². The van der Waals surface area contributed by atoms with Gasteiger partial charge in [0.15, 0.2) is 0 Å². The van der Waals surface area contributed by atoms with Gasteiger partial charge in [-0.3, -0.25) is 9.59 Å². The number of hydrogen-bond acceptors (Lipinski definition) is 3. The summed E-state index contributed by atoms with van der Waals surface area (Å²) in [6.07, 6.45) is 6.60. The average Bonchev–Trinajstić information content (AvgIpc) is 3.17. The zero-order valence-electron chi connectivity index (χ0n) is 10.6. The van der Waals surface area contributed by atoms with Gasteiger partial charge in [0.1, 0.15) is 0 Å². The molecule has 0 aromatic heterocycles. The van der Waals surface area contributed by atoms with Crippen LogP contribution in [0.3, 0.4) is 0 Å². The first-order valence-corrected chi connectivity index (χ1v) is 6.49. The Hall–Kier alpha value is -1.06. The molecule has 0 radical (unpaired) electrons. The zero-order chi connectivity index (χ0) is 12.4. The summed E-state index contributed by atoms with van der Waals surface area (Å²) < 4.78 is 4.67. The van der Waals surface area contributed by atoms with E-state index in [4.69, 9.17) is 0 Å². The minimum Gasteiger partial charge on any atom is -0.469 e. The minimum atomic E-state index is -0.236. The molecule has 0 spiro atoms. The van der Waals surface area contributed by atoms with Crippen LogP contribution in [0.4, 0.5) is 0 Å². The third kappa shape index (κ3) is 2.61. The summed E-state index contributed by atoms with van der Waals surface area (Å²) in [5, 5.41) is 0. The molecule has 0 saturated heterocycles. The topological polar surface area (TPSA) is 46.6 Å². The van der Waals surface area contributed by atoms with Crippen LogP contribution in [0.5, 0.6) is 0 Å². The summed E-state index contributed by atoms with van der Waals surface area (Å²) in [6, 6.07) is 0.384. The van der Waals surface area contributed by atoms with Gasteiger partial charge in [-0.2, -0.15) is 0 Å². The molecule has 2 saturated carbocycles. The van der Waals surface area contributed by atoms with E-state index in [0.29, 0.717) is 12.5 Å². The largest absolute Gasteiger partial charge is 0.469 e. The highest BCUT2D eigenvalue weighted by Gasteiger charge is 2.50. The summed E-state index contributed by atoms with van der Waals surface area (Å²) in [4.78, 5) is 25.3. The van der Waals surface area contributed by atoms with Crippen LogP contribution in [0.15, 0.2) is 0 Å². The zero-order valence-corrected chi connectivity index (χ0v) is 10.6. The third-order valence-electron chi connectivity index (χ3n) is 4.08. The first-order valence-electron chi connectivity index (χ1n) is 6.49. The average molecular weight is 239 g/mol. The van der Waals surface area contributed by atoms with Gasteiger partial charge in [0.2, 0.25) is 5.91 Å². The van der Waals surface area contributed by atoms with Crippen molar-refractivity contribution in [3.63, 3.8) is 0 Å². The molecule has 0 heterocycles. The summed E-state index contributed by atoms with van der Waals surface area (Å²) in [7, 11) is 3.26. The molecule has 2 aliphatic carbocycles. The fourth-order valence-corrected chi connectivity index (χ4v) is 2.79. The summed E-state index contributed by atoms with van der Waals surface area (Å²) in [5.74, 6) is -0.402. The number of hydrogen-bond donors (Lipinski definition) is 0. The lowest BCUT2D eigenvalue weighted by Gasteiger charge is -2.31. The molecule has 0 N–H and O–H groups in total. The standard InChI is InChI=1S/C13H21NO3/c1-14(9-6-4-3-5-7-9)12(15)10-8-11(10)13(16)17-2/h9-11H,3-8H2,1-2H3. The lowest BCUT2D eigenvalue weighted by atomic mass is 9.94. The number of nitrogens with zero attached hydrogens (tertiary/aromatic N) is 1. The smallest absolute Gasteiger partial charge is 0.309 e. The molecule has 17 heavy (non-hydrogen) atoms. The van der Waals surface area contributed by atoms with Crippen LogP contribution in [-0.4, -0.2) is 37.0 Å². The quantitative estimate of drug-likeness (QED) is 0.703. The van der Waals surface area contributed by atoms with Crippen LogP contribution in [0.1, 0.15) is 38.5 Å². The van der Waals surface area contributed by atoms with Gasteiger partial charge in [-0.15, -0.1) is 0 Å². The maximum Gasteiger partial charge on any atom is 0.309 e. The highest BCUT2D eigenvalue weighted by Crippen LogP contribution is 2.41. The van der Waals surface area contributed by atoms with E-state index in [0.717, 1.165) is 12.8 Å². The Morgan fingerprint density at radius 1 is 1.12 bits per heavy atom. The number of ether oxygens (including phenoxy) is 1. The van der Waals surface area contributed by atoms with E-state index in [1.165, 1.54) is 26.4 Å². The van der Waals surface area contributed by atoms with E-state index in [1.807, 2.05) is 11.9 Å². The van der Waals surface area contributed by atoms with E-state index in [9.17, 15) is 9.59 Å². The predicted molar refractivity (Wildman–Crippen MR) is 63.3 cm³/mol. The fraction of sp³-hybridized carbons (Fsp3) is 0.846. The number of esters is 1. The van der Waals surface area contributed by atoms with Gasteiger partial charge in [-0.1, -0.05) is 19.3 Å². The van der Waals surface area contributed by atoms with Crippen molar-refractivity contribution in [2.24, 2.45) is 11.8 Å². The van der Waals surface area contributed by atoms with Gasteiger partial charge in [-0.05, 0) is 19.3 Å². The van der Waals surface area contributed by atoms with Crippen molar-refractivity contribution in [1.82, 2.24) is 4.90 Å². The van der Waals surface area contributed by atoms with Crippen molar-refractivity contribution in [3.05, 3.63) is 0 Å². The molecule has 0 bridgehead atoms. The molecule has 0 aromatic rings. The molecule has 2 unspecified atom stereocenters. The molecule has 2 rings (SSSR count). The second kappa shape index (κ2) is 5.07. The molecule has 96 valence electrons. The SMILES string of the molecule is COC(=O)C1CC1C(=O)N(C)C1CCCCC1. The lowest BCUT2D eigenvalue weighted by Crippen LogP contribution is -2.39. The molecule has 0 aliphatic heterocycles. The van der Waals surface area contributed by atoms with Crippen molar-refractivity contribution < 1.29 is 14.3 Å². The van der Waals surface area contributed by atoms with Crippen molar-refractivity contribution in [3.8, 4) is 0 Å². The van der Waals surface area contributed by atoms with Gasteiger partial charge in [0.25, 0.3) is 0 Å². The van der Waals surface area contributed by atoms with Crippen LogP contribution in [0.25, 0.3) is 0 Å². The summed E-state index contributed by atoms with van der Waals surface area (Å²) in [5.41, 5.74) is 0. The number of methoxy groups -OCH3 is 1. The van der Waals surface area contributed by atoms with Crippen LogP contribution >= 0.6 is 0 Å². The van der Waals surface area contributed by atoms with Gasteiger partial charge >= 0.3 is 5.97 Å². The van der Waals surface area contributed by atoms with E-state index < -0.39 is 0 Å². The monoisotopic (exact) mass is 239 g/mol. The van der Waals surface area contributed by atoms with E-state index in [2.05, 4.69) is 4.74 Å². The van der Waals surface area contributed by atoms with E-state index in [1.54, 1.807) is 0 Å². The Morgan fingerprint density at radius 3 is 2.35 bits per heavy atom. The fourth-order valence-electron chi connectivity index (χ4n) is 2.79. The Labute approximate surface area is 102 Å². The van der Waals surface area contributed by atoms with Gasteiger partial charge in [-0.25, -0.2) is 0 Å². The maximum absolute atomic E-state index is 12.2. The summed E-state index contributed by atoms with van der Waals surface area (Å²) in [6.45, 7) is 0. The second-order valence-corrected chi connectivity index (χ2v) is 5.21. The first kappa shape index (κ1) is 12.4. The minimum absolute atomic E-state index is 0.116. The molecule has 2 aliphatic rings. The molecule has 4 nitrogen and oxygen atoms in total. The molecule has 0 aromatic carbocycles. The highest BCUT2D eigenvalue weighted by atomic mass is 16.5. The number of carbonyl (C=O) groups excluding carboxylic acids is 2. The lowest BCUT2D eigenvalue weighted by molar-refractivity contribution is -0.145. The van der Waals surface area contributed by atoms with Crippen molar-refractivity contribution in [2.75, 3.05) is 14.2 Å². The maximum atomic E-state index is 12.2. The number of amides is 1. The van der Waals surface area contributed by atoms with Crippen LogP contribution < -0.4 is 0 Å². The number of carbonyl (C=O) groups is 2. The third-order valence-corrected chi connectivity index (χ3v) is 4.08.